The molecule has 22 heavy (non-hydrogen) atoms. The molecule has 0 aliphatic carbocycles. The molecule has 0 unspecified atom stereocenters. The lowest BCUT2D eigenvalue weighted by Gasteiger charge is -2.19. The molecule has 1 amide bonds. The standard InChI is InChI=1S/C17H16FNO3/c1-11(12-2-5-14(18)6-3-12)19-17(20)13-4-7-15-16(10-13)22-9-8-21-15/h2-7,10-11H,8-9H2,1H3,(H,19,20)/t11-/m1/s1. The number of ether oxygens (including phenoxy) is 2. The Hall–Kier alpha value is -2.56. The second-order valence-corrected chi connectivity index (χ2v) is 5.11. The average Bonchev–Trinajstić information content (AvgIpc) is 2.55. The number of hydrogen-bond donors (Lipinski definition) is 1. The van der Waals surface area contributed by atoms with Crippen LogP contribution in [0.25, 0.3) is 0 Å². The van der Waals surface area contributed by atoms with E-state index < -0.39 is 0 Å². The van der Waals surface area contributed by atoms with Gasteiger partial charge in [0.25, 0.3) is 5.91 Å². The normalized spacial score (nSPS) is 14.3. The van der Waals surface area contributed by atoms with Crippen LogP contribution in [-0.2, 0) is 0 Å². The Labute approximate surface area is 127 Å². The lowest BCUT2D eigenvalue weighted by atomic mass is 10.1. The van der Waals surface area contributed by atoms with Gasteiger partial charge < -0.3 is 14.8 Å². The van der Waals surface area contributed by atoms with Crippen molar-refractivity contribution in [3.8, 4) is 11.5 Å². The van der Waals surface area contributed by atoms with Crippen molar-refractivity contribution in [2.75, 3.05) is 13.2 Å². The summed E-state index contributed by atoms with van der Waals surface area (Å²) < 4.78 is 23.8. The first kappa shape index (κ1) is 14.4. The zero-order valence-corrected chi connectivity index (χ0v) is 12.1. The summed E-state index contributed by atoms with van der Waals surface area (Å²) in [6.07, 6.45) is 0. The molecule has 2 aromatic carbocycles. The molecule has 0 bridgehead atoms. The van der Waals surface area contributed by atoms with E-state index in [2.05, 4.69) is 5.32 Å². The predicted molar refractivity (Wildman–Crippen MR) is 79.7 cm³/mol. The third kappa shape index (κ3) is 3.03. The van der Waals surface area contributed by atoms with E-state index in [9.17, 15) is 9.18 Å². The first-order chi connectivity index (χ1) is 10.6. The highest BCUT2D eigenvalue weighted by molar-refractivity contribution is 5.95. The van der Waals surface area contributed by atoms with Crippen molar-refractivity contribution in [1.29, 1.82) is 0 Å². The molecule has 1 heterocycles. The highest BCUT2D eigenvalue weighted by atomic mass is 19.1. The third-order valence-electron chi connectivity index (χ3n) is 3.52. The van der Waals surface area contributed by atoms with Gasteiger partial charge in [-0.2, -0.15) is 0 Å². The van der Waals surface area contributed by atoms with Crippen LogP contribution in [0.2, 0.25) is 0 Å². The van der Waals surface area contributed by atoms with E-state index in [1.807, 2.05) is 6.92 Å². The fourth-order valence-electron chi connectivity index (χ4n) is 2.30. The van der Waals surface area contributed by atoms with Gasteiger partial charge in [-0.25, -0.2) is 4.39 Å². The maximum Gasteiger partial charge on any atom is 0.251 e. The number of carbonyl (C=O) groups is 1. The number of benzene rings is 2. The van der Waals surface area contributed by atoms with Crippen molar-refractivity contribution >= 4 is 5.91 Å². The minimum atomic E-state index is -0.297. The highest BCUT2D eigenvalue weighted by Crippen LogP contribution is 2.30. The molecule has 1 aliphatic rings. The summed E-state index contributed by atoms with van der Waals surface area (Å²) in [5.74, 6) is 0.714. The Morgan fingerprint density at radius 2 is 1.77 bits per heavy atom. The van der Waals surface area contributed by atoms with Gasteiger partial charge in [0.05, 0.1) is 6.04 Å². The van der Waals surface area contributed by atoms with Crippen LogP contribution >= 0.6 is 0 Å². The second kappa shape index (κ2) is 6.05. The Morgan fingerprint density at radius 1 is 1.09 bits per heavy atom. The van der Waals surface area contributed by atoms with Crippen molar-refractivity contribution in [1.82, 2.24) is 5.32 Å². The van der Waals surface area contributed by atoms with Crippen LogP contribution in [0.4, 0.5) is 4.39 Å². The number of carbonyl (C=O) groups excluding carboxylic acids is 1. The second-order valence-electron chi connectivity index (χ2n) is 5.11. The predicted octanol–water partition coefficient (Wildman–Crippen LogP) is 3.09. The molecule has 4 nitrogen and oxygen atoms in total. The molecule has 0 radical (unpaired) electrons. The smallest absolute Gasteiger partial charge is 0.251 e. The van der Waals surface area contributed by atoms with Gasteiger partial charge in [-0.3, -0.25) is 4.79 Å². The summed E-state index contributed by atoms with van der Waals surface area (Å²) in [5.41, 5.74) is 1.34. The largest absolute Gasteiger partial charge is 0.486 e. The molecule has 0 saturated heterocycles. The molecule has 1 aliphatic heterocycles. The van der Waals surface area contributed by atoms with Crippen LogP contribution in [0.1, 0.15) is 28.9 Å². The summed E-state index contributed by atoms with van der Waals surface area (Å²) in [6, 6.07) is 10.9. The number of amides is 1. The number of fused-ring (bicyclic) bond motifs is 1. The van der Waals surface area contributed by atoms with E-state index in [4.69, 9.17) is 9.47 Å². The van der Waals surface area contributed by atoms with Gasteiger partial charge in [0, 0.05) is 5.56 Å². The molecule has 114 valence electrons. The summed E-state index contributed by atoms with van der Waals surface area (Å²) in [7, 11) is 0. The minimum absolute atomic E-state index is 0.214. The lowest BCUT2D eigenvalue weighted by Crippen LogP contribution is -2.27. The molecule has 2 aromatic rings. The van der Waals surface area contributed by atoms with Crippen molar-refractivity contribution in [3.63, 3.8) is 0 Å². The Balaban J connectivity index is 1.72. The Morgan fingerprint density at radius 3 is 2.50 bits per heavy atom. The zero-order chi connectivity index (χ0) is 15.5. The van der Waals surface area contributed by atoms with Crippen LogP contribution in [0.5, 0.6) is 11.5 Å². The van der Waals surface area contributed by atoms with E-state index in [0.29, 0.717) is 30.3 Å². The first-order valence-electron chi connectivity index (χ1n) is 7.09. The van der Waals surface area contributed by atoms with Crippen molar-refractivity contribution in [2.45, 2.75) is 13.0 Å². The van der Waals surface area contributed by atoms with Gasteiger partial charge in [0.1, 0.15) is 19.0 Å². The molecule has 1 atom stereocenters. The van der Waals surface area contributed by atoms with E-state index in [1.54, 1.807) is 30.3 Å². The zero-order valence-electron chi connectivity index (χ0n) is 12.1. The van der Waals surface area contributed by atoms with E-state index in [0.717, 1.165) is 5.56 Å². The highest BCUT2D eigenvalue weighted by Gasteiger charge is 2.16. The molecule has 5 heteroatoms. The fourth-order valence-corrected chi connectivity index (χ4v) is 2.30. The van der Waals surface area contributed by atoms with Crippen LogP contribution in [0.15, 0.2) is 42.5 Å². The first-order valence-corrected chi connectivity index (χ1v) is 7.09. The van der Waals surface area contributed by atoms with Gasteiger partial charge in [-0.05, 0) is 42.8 Å². The van der Waals surface area contributed by atoms with Crippen LogP contribution < -0.4 is 14.8 Å². The minimum Gasteiger partial charge on any atom is -0.486 e. The van der Waals surface area contributed by atoms with Crippen LogP contribution in [-0.4, -0.2) is 19.1 Å². The van der Waals surface area contributed by atoms with Crippen molar-refractivity contribution in [3.05, 3.63) is 59.4 Å². The molecule has 3 rings (SSSR count). The molecule has 0 saturated carbocycles. The molecule has 0 spiro atoms. The average molecular weight is 301 g/mol. The van der Waals surface area contributed by atoms with Crippen molar-refractivity contribution in [2.24, 2.45) is 0 Å². The van der Waals surface area contributed by atoms with Gasteiger partial charge in [0.2, 0.25) is 0 Å². The monoisotopic (exact) mass is 301 g/mol. The van der Waals surface area contributed by atoms with E-state index in [1.165, 1.54) is 12.1 Å². The summed E-state index contributed by atoms with van der Waals surface area (Å²) in [5, 5.41) is 2.88. The van der Waals surface area contributed by atoms with Crippen molar-refractivity contribution < 1.29 is 18.7 Å². The number of rotatable bonds is 3. The maximum atomic E-state index is 12.9. The van der Waals surface area contributed by atoms with Gasteiger partial charge in [-0.15, -0.1) is 0 Å². The molecular weight excluding hydrogens is 285 g/mol. The number of hydrogen-bond acceptors (Lipinski definition) is 3. The summed E-state index contributed by atoms with van der Waals surface area (Å²) in [4.78, 5) is 12.3. The third-order valence-corrected chi connectivity index (χ3v) is 3.52. The summed E-state index contributed by atoms with van der Waals surface area (Å²) >= 11 is 0. The maximum absolute atomic E-state index is 12.9. The van der Waals surface area contributed by atoms with Gasteiger partial charge in [-0.1, -0.05) is 12.1 Å². The van der Waals surface area contributed by atoms with Gasteiger partial charge >= 0.3 is 0 Å². The number of nitrogens with one attached hydrogen (secondary N) is 1. The molecule has 0 fully saturated rings. The topological polar surface area (TPSA) is 47.6 Å². The van der Waals surface area contributed by atoms with E-state index >= 15 is 0 Å². The number of halogens is 1. The quantitative estimate of drug-likeness (QED) is 0.947. The molecule has 0 aromatic heterocycles. The van der Waals surface area contributed by atoms with E-state index in [-0.39, 0.29) is 17.8 Å². The van der Waals surface area contributed by atoms with Gasteiger partial charge in [0.15, 0.2) is 11.5 Å². The van der Waals surface area contributed by atoms with Crippen LogP contribution in [0, 0.1) is 5.82 Å². The fraction of sp³-hybridized carbons (Fsp3) is 0.235. The molecular formula is C17H16FNO3. The Kier molecular flexibility index (Phi) is 3.96. The summed E-state index contributed by atoms with van der Waals surface area (Å²) in [6.45, 7) is 2.84. The van der Waals surface area contributed by atoms with Crippen LogP contribution in [0.3, 0.4) is 0 Å². The lowest BCUT2D eigenvalue weighted by molar-refractivity contribution is 0.0938. The SMILES string of the molecule is C[C@@H](NC(=O)c1ccc2c(c1)OCCO2)c1ccc(F)cc1. The molecule has 1 N–H and O–H groups in total. The Bertz CT molecular complexity index is 685.